The Bertz CT molecular complexity index is 1720. The molecule has 1 N–H and O–H groups in total. The first-order valence-electron chi connectivity index (χ1n) is 13.6. The van der Waals surface area contributed by atoms with Crippen molar-refractivity contribution in [2.24, 2.45) is 13.0 Å². The van der Waals surface area contributed by atoms with Crippen LogP contribution in [0.3, 0.4) is 0 Å². The normalized spacial score (nSPS) is 15.3. The van der Waals surface area contributed by atoms with E-state index in [-0.39, 0.29) is 34.6 Å². The smallest absolute Gasteiger partial charge is 0.250 e. The summed E-state index contributed by atoms with van der Waals surface area (Å²) in [6, 6.07) is 18.5. The largest absolute Gasteiger partial charge is 0.318 e. The van der Waals surface area contributed by atoms with E-state index in [4.69, 9.17) is 4.98 Å². The fourth-order valence-corrected chi connectivity index (χ4v) is 7.17. The lowest BCUT2D eigenvalue weighted by molar-refractivity contribution is -0.115. The highest BCUT2D eigenvalue weighted by Crippen LogP contribution is 2.43. The molecule has 4 aromatic rings. The zero-order valence-corrected chi connectivity index (χ0v) is 25.3. The van der Waals surface area contributed by atoms with Crippen LogP contribution in [0.25, 0.3) is 11.1 Å². The number of carbonyl (C=O) groups excluding carboxylic acids is 1. The topological polar surface area (TPSA) is 101 Å². The number of amides is 1. The number of benzene rings is 2. The highest BCUT2D eigenvalue weighted by atomic mass is 32.2. The quantitative estimate of drug-likeness (QED) is 0.288. The number of aryl methyl sites for hydroxylation is 1. The maximum absolute atomic E-state index is 12.7. The minimum atomic E-state index is -3.27. The second-order valence-electron chi connectivity index (χ2n) is 10.8. The van der Waals surface area contributed by atoms with E-state index in [0.29, 0.717) is 11.0 Å². The van der Waals surface area contributed by atoms with E-state index >= 15 is 0 Å². The number of nitrogens with zero attached hydrogens (tertiary/aromatic N) is 3. The van der Waals surface area contributed by atoms with Crippen LogP contribution in [-0.4, -0.2) is 34.5 Å². The van der Waals surface area contributed by atoms with Crippen LogP contribution < -0.4 is 10.9 Å². The summed E-state index contributed by atoms with van der Waals surface area (Å²) < 4.78 is 25.6. The molecule has 0 unspecified atom stereocenters. The molecule has 0 fully saturated rings. The molecule has 1 atom stereocenters. The van der Waals surface area contributed by atoms with Crippen molar-refractivity contribution in [2.75, 3.05) is 11.1 Å². The molecule has 41 heavy (non-hydrogen) atoms. The van der Waals surface area contributed by atoms with Gasteiger partial charge in [-0.15, -0.1) is 11.3 Å². The van der Waals surface area contributed by atoms with Gasteiger partial charge in [0.15, 0.2) is 15.0 Å². The second kappa shape index (κ2) is 11.7. The van der Waals surface area contributed by atoms with Gasteiger partial charge in [0, 0.05) is 37.3 Å². The summed E-state index contributed by atoms with van der Waals surface area (Å²) in [5, 5.41) is 3.53. The van der Waals surface area contributed by atoms with Crippen molar-refractivity contribution in [1.29, 1.82) is 0 Å². The van der Waals surface area contributed by atoms with Crippen molar-refractivity contribution in [1.82, 2.24) is 14.5 Å². The molecule has 0 aliphatic carbocycles. The Hall–Kier alpha value is -3.60. The maximum atomic E-state index is 12.7. The van der Waals surface area contributed by atoms with Crippen LogP contribution in [0.15, 0.2) is 76.6 Å². The predicted molar refractivity (Wildman–Crippen MR) is 163 cm³/mol. The first-order valence-corrected chi connectivity index (χ1v) is 16.1. The van der Waals surface area contributed by atoms with Crippen molar-refractivity contribution in [3.05, 3.63) is 98.9 Å². The summed E-state index contributed by atoms with van der Waals surface area (Å²) in [4.78, 5) is 33.2. The Morgan fingerprint density at radius 2 is 1.68 bits per heavy atom. The van der Waals surface area contributed by atoms with Gasteiger partial charge in [-0.25, -0.2) is 13.4 Å². The zero-order chi connectivity index (χ0) is 29.3. The summed E-state index contributed by atoms with van der Waals surface area (Å²) in [5.74, 6) is 0.200. The Morgan fingerprint density at radius 1 is 1.02 bits per heavy atom. The lowest BCUT2D eigenvalue weighted by Gasteiger charge is -2.27. The van der Waals surface area contributed by atoms with Crippen molar-refractivity contribution >= 4 is 32.2 Å². The molecular weight excluding hydrogens is 556 g/mol. The van der Waals surface area contributed by atoms with Gasteiger partial charge < -0.3 is 9.88 Å². The molecule has 2 aromatic carbocycles. The Labute approximate surface area is 244 Å². The monoisotopic (exact) mass is 590 g/mol. The molecule has 2 aromatic heterocycles. The van der Waals surface area contributed by atoms with Crippen molar-refractivity contribution in [3.8, 4) is 11.1 Å². The van der Waals surface area contributed by atoms with Crippen LogP contribution >= 0.6 is 11.3 Å². The lowest BCUT2D eigenvalue weighted by atomic mass is 10.0. The zero-order valence-electron chi connectivity index (χ0n) is 23.6. The van der Waals surface area contributed by atoms with Gasteiger partial charge in [0.2, 0.25) is 11.5 Å². The Morgan fingerprint density at radius 3 is 2.32 bits per heavy atom. The standard InChI is InChI=1S/C31H34N4O4S2/c1-5-41(38,39)25-13-8-21(9-14-25)16-27(36)32-31-33-29-26(40-31)19-35(30(29)20(2)3)17-22-6-10-23(11-7-22)24-12-15-28(37)34(4)18-24/h6-15,18,20,30H,5,16-17,19H2,1-4H3,(H,32,33,36)/t30-/m0/s1. The highest BCUT2D eigenvalue weighted by molar-refractivity contribution is 7.91. The summed E-state index contributed by atoms with van der Waals surface area (Å²) >= 11 is 1.52. The maximum Gasteiger partial charge on any atom is 0.250 e. The number of rotatable bonds is 9. The van der Waals surface area contributed by atoms with Gasteiger partial charge in [-0.1, -0.05) is 57.2 Å². The van der Waals surface area contributed by atoms with Gasteiger partial charge in [-0.3, -0.25) is 14.5 Å². The first-order chi connectivity index (χ1) is 19.5. The van der Waals surface area contributed by atoms with Crippen LogP contribution in [0.5, 0.6) is 0 Å². The number of fused-ring (bicyclic) bond motifs is 1. The van der Waals surface area contributed by atoms with Crippen LogP contribution in [0.1, 0.15) is 48.5 Å². The molecule has 1 aliphatic heterocycles. The first kappa shape index (κ1) is 28.9. The minimum Gasteiger partial charge on any atom is -0.318 e. The molecule has 0 bridgehead atoms. The van der Waals surface area contributed by atoms with E-state index in [9.17, 15) is 18.0 Å². The second-order valence-corrected chi connectivity index (χ2v) is 14.1. The molecule has 0 spiro atoms. The number of nitrogens with one attached hydrogen (secondary N) is 1. The molecular formula is C31H34N4O4S2. The highest BCUT2D eigenvalue weighted by Gasteiger charge is 2.36. The molecule has 3 heterocycles. The number of carbonyl (C=O) groups is 1. The summed E-state index contributed by atoms with van der Waals surface area (Å²) in [6.45, 7) is 7.54. The van der Waals surface area contributed by atoms with Gasteiger partial charge in [-0.05, 0) is 46.4 Å². The molecule has 0 radical (unpaired) electrons. The van der Waals surface area contributed by atoms with Crippen LogP contribution in [0.2, 0.25) is 0 Å². The molecule has 1 aliphatic rings. The van der Waals surface area contributed by atoms with Crippen LogP contribution in [0.4, 0.5) is 5.13 Å². The summed E-state index contributed by atoms with van der Waals surface area (Å²) in [5.41, 5.74) is 5.01. The van der Waals surface area contributed by atoms with Gasteiger partial charge >= 0.3 is 0 Å². The van der Waals surface area contributed by atoms with E-state index in [1.165, 1.54) is 16.9 Å². The van der Waals surface area contributed by atoms with Crippen LogP contribution in [-0.2, 0) is 41.2 Å². The number of hydrogen-bond acceptors (Lipinski definition) is 7. The minimum absolute atomic E-state index is 0.0282. The summed E-state index contributed by atoms with van der Waals surface area (Å²) in [6.07, 6.45) is 1.99. The van der Waals surface area contributed by atoms with Crippen molar-refractivity contribution < 1.29 is 13.2 Å². The van der Waals surface area contributed by atoms with Gasteiger partial charge in [0.05, 0.1) is 28.8 Å². The number of sulfone groups is 1. The molecule has 0 saturated heterocycles. The number of anilines is 1. The third kappa shape index (κ3) is 6.34. The average molecular weight is 591 g/mol. The predicted octanol–water partition coefficient (Wildman–Crippen LogP) is 5.20. The number of hydrogen-bond donors (Lipinski definition) is 1. The SMILES string of the molecule is CCS(=O)(=O)c1ccc(CC(=O)Nc2nc3c(s2)CN(Cc2ccc(-c4ccc(=O)n(C)c4)cc2)[C@H]3C(C)C)cc1. The fraction of sp³-hybridized carbons (Fsp3) is 0.323. The van der Waals surface area contributed by atoms with Gasteiger partial charge in [-0.2, -0.15) is 0 Å². The van der Waals surface area contributed by atoms with E-state index in [2.05, 4.69) is 48.3 Å². The van der Waals surface area contributed by atoms with E-state index in [0.717, 1.165) is 40.4 Å². The number of aromatic nitrogens is 2. The van der Waals surface area contributed by atoms with E-state index < -0.39 is 9.84 Å². The third-order valence-corrected chi connectivity index (χ3v) is 10.1. The van der Waals surface area contributed by atoms with Crippen molar-refractivity contribution in [2.45, 2.75) is 51.2 Å². The Kier molecular flexibility index (Phi) is 8.26. The number of pyridine rings is 1. The van der Waals surface area contributed by atoms with Gasteiger partial charge in [0.1, 0.15) is 0 Å². The third-order valence-electron chi connectivity index (χ3n) is 7.41. The molecule has 0 saturated carbocycles. The molecule has 10 heteroatoms. The fourth-order valence-electron chi connectivity index (χ4n) is 5.24. The van der Waals surface area contributed by atoms with E-state index in [1.807, 2.05) is 12.3 Å². The molecule has 5 rings (SSSR count). The Balaban J connectivity index is 1.23. The average Bonchev–Trinajstić information content (AvgIpc) is 3.47. The van der Waals surface area contributed by atoms with Crippen molar-refractivity contribution in [3.63, 3.8) is 0 Å². The van der Waals surface area contributed by atoms with E-state index in [1.54, 1.807) is 48.9 Å². The number of thiazole rings is 1. The summed E-state index contributed by atoms with van der Waals surface area (Å²) in [7, 11) is -1.51. The molecule has 214 valence electrons. The molecule has 8 nitrogen and oxygen atoms in total. The molecule has 1 amide bonds. The van der Waals surface area contributed by atoms with Crippen LogP contribution in [0, 0.1) is 5.92 Å². The lowest BCUT2D eigenvalue weighted by Crippen LogP contribution is -2.26. The van der Waals surface area contributed by atoms with Gasteiger partial charge in [0.25, 0.3) is 0 Å².